The Bertz CT molecular complexity index is 414. The van der Waals surface area contributed by atoms with Gasteiger partial charge in [-0.2, -0.15) is 5.10 Å². The van der Waals surface area contributed by atoms with Gasteiger partial charge in [-0.25, -0.2) is 0 Å². The monoisotopic (exact) mass is 238 g/mol. The predicted octanol–water partition coefficient (Wildman–Crippen LogP) is -0.257. The van der Waals surface area contributed by atoms with Gasteiger partial charge < -0.3 is 10.0 Å². The molecule has 0 saturated heterocycles. The molecule has 1 aliphatic heterocycles. The molecular formula is C11H18N4O2. The SMILES string of the molecule is CN(C)CC(=O)N1CCCc2c1n[nH]c2CO. The van der Waals surface area contributed by atoms with Gasteiger partial charge in [0, 0.05) is 12.1 Å². The second-order valence-corrected chi connectivity index (χ2v) is 4.55. The molecule has 6 nitrogen and oxygen atoms in total. The van der Waals surface area contributed by atoms with Gasteiger partial charge in [0.1, 0.15) is 0 Å². The molecule has 0 spiro atoms. The first-order valence-corrected chi connectivity index (χ1v) is 5.75. The Hall–Kier alpha value is -1.40. The zero-order chi connectivity index (χ0) is 12.4. The highest BCUT2D eigenvalue weighted by Crippen LogP contribution is 2.27. The number of rotatable bonds is 3. The number of fused-ring (bicyclic) bond motifs is 1. The predicted molar refractivity (Wildman–Crippen MR) is 63.7 cm³/mol. The molecule has 94 valence electrons. The third-order valence-electron chi connectivity index (χ3n) is 2.91. The summed E-state index contributed by atoms with van der Waals surface area (Å²) in [7, 11) is 3.74. The molecule has 1 aliphatic rings. The number of amides is 1. The summed E-state index contributed by atoms with van der Waals surface area (Å²) in [6.07, 6.45) is 1.78. The van der Waals surface area contributed by atoms with Gasteiger partial charge in [-0.15, -0.1) is 0 Å². The number of hydrogen-bond donors (Lipinski definition) is 2. The molecule has 0 fully saturated rings. The van der Waals surface area contributed by atoms with Crippen LogP contribution >= 0.6 is 0 Å². The summed E-state index contributed by atoms with van der Waals surface area (Å²) in [6.45, 7) is 1.02. The molecule has 1 aromatic heterocycles. The maximum Gasteiger partial charge on any atom is 0.242 e. The number of nitrogens with one attached hydrogen (secondary N) is 1. The zero-order valence-electron chi connectivity index (χ0n) is 10.2. The van der Waals surface area contributed by atoms with Crippen LogP contribution in [0.2, 0.25) is 0 Å². The average molecular weight is 238 g/mol. The van der Waals surface area contributed by atoms with Gasteiger partial charge in [0.15, 0.2) is 5.82 Å². The van der Waals surface area contributed by atoms with Crippen LogP contribution in [0, 0.1) is 0 Å². The smallest absolute Gasteiger partial charge is 0.242 e. The minimum atomic E-state index is -0.0575. The quantitative estimate of drug-likeness (QED) is 0.761. The summed E-state index contributed by atoms with van der Waals surface area (Å²) < 4.78 is 0. The van der Waals surface area contributed by atoms with Crippen LogP contribution in [-0.2, 0) is 17.8 Å². The van der Waals surface area contributed by atoms with Crippen LogP contribution in [-0.4, -0.2) is 53.3 Å². The number of aromatic amines is 1. The highest BCUT2D eigenvalue weighted by molar-refractivity contribution is 5.95. The first-order chi connectivity index (χ1) is 8.13. The van der Waals surface area contributed by atoms with Crippen molar-refractivity contribution < 1.29 is 9.90 Å². The van der Waals surface area contributed by atoms with Crippen molar-refractivity contribution in [2.75, 3.05) is 32.1 Å². The molecule has 2 heterocycles. The first-order valence-electron chi connectivity index (χ1n) is 5.75. The van der Waals surface area contributed by atoms with E-state index >= 15 is 0 Å². The summed E-state index contributed by atoms with van der Waals surface area (Å²) in [5.74, 6) is 0.735. The number of aliphatic hydroxyl groups excluding tert-OH is 1. The lowest BCUT2D eigenvalue weighted by atomic mass is 10.0. The third kappa shape index (κ3) is 2.32. The fraction of sp³-hybridized carbons (Fsp3) is 0.636. The Morgan fingerprint density at radius 1 is 1.59 bits per heavy atom. The average Bonchev–Trinajstić information content (AvgIpc) is 2.70. The van der Waals surface area contributed by atoms with E-state index in [9.17, 15) is 4.79 Å². The number of aromatic nitrogens is 2. The fourth-order valence-electron chi connectivity index (χ4n) is 2.13. The van der Waals surface area contributed by atoms with E-state index < -0.39 is 0 Å². The van der Waals surface area contributed by atoms with Crippen molar-refractivity contribution in [3.05, 3.63) is 11.3 Å². The largest absolute Gasteiger partial charge is 0.390 e. The van der Waals surface area contributed by atoms with Gasteiger partial charge in [0.25, 0.3) is 0 Å². The molecule has 0 saturated carbocycles. The van der Waals surface area contributed by atoms with Crippen molar-refractivity contribution >= 4 is 11.7 Å². The van der Waals surface area contributed by atoms with E-state index in [1.807, 2.05) is 19.0 Å². The maximum absolute atomic E-state index is 12.0. The number of anilines is 1. The standard InChI is InChI=1S/C11H18N4O2/c1-14(2)6-10(17)15-5-3-4-8-9(7-16)12-13-11(8)15/h16H,3-7H2,1-2H3,(H,12,13). The summed E-state index contributed by atoms with van der Waals surface area (Å²) in [5, 5.41) is 16.1. The van der Waals surface area contributed by atoms with Gasteiger partial charge in [-0.3, -0.25) is 14.8 Å². The zero-order valence-corrected chi connectivity index (χ0v) is 10.2. The van der Waals surface area contributed by atoms with Crippen LogP contribution in [0.15, 0.2) is 0 Å². The lowest BCUT2D eigenvalue weighted by Gasteiger charge is -2.27. The van der Waals surface area contributed by atoms with E-state index in [-0.39, 0.29) is 12.5 Å². The Balaban J connectivity index is 2.23. The molecule has 0 atom stereocenters. The highest BCUT2D eigenvalue weighted by atomic mass is 16.3. The van der Waals surface area contributed by atoms with Gasteiger partial charge in [-0.1, -0.05) is 0 Å². The van der Waals surface area contributed by atoms with Crippen molar-refractivity contribution in [1.82, 2.24) is 15.1 Å². The Morgan fingerprint density at radius 2 is 2.35 bits per heavy atom. The summed E-state index contributed by atoms with van der Waals surface area (Å²) >= 11 is 0. The number of aliphatic hydroxyl groups is 1. The minimum absolute atomic E-state index is 0.0481. The van der Waals surface area contributed by atoms with Crippen LogP contribution in [0.4, 0.5) is 5.82 Å². The second-order valence-electron chi connectivity index (χ2n) is 4.55. The van der Waals surface area contributed by atoms with Gasteiger partial charge in [0.2, 0.25) is 5.91 Å². The van der Waals surface area contributed by atoms with E-state index in [4.69, 9.17) is 5.11 Å². The molecule has 0 radical (unpaired) electrons. The number of H-pyrrole nitrogens is 1. The molecule has 0 bridgehead atoms. The fourth-order valence-corrected chi connectivity index (χ4v) is 2.13. The molecule has 2 N–H and O–H groups in total. The number of carbonyl (C=O) groups is 1. The van der Waals surface area contributed by atoms with E-state index in [1.165, 1.54) is 0 Å². The van der Waals surface area contributed by atoms with Crippen LogP contribution in [0.5, 0.6) is 0 Å². The Kier molecular flexibility index (Phi) is 3.44. The lowest BCUT2D eigenvalue weighted by molar-refractivity contribution is -0.119. The van der Waals surface area contributed by atoms with Crippen molar-refractivity contribution in [2.24, 2.45) is 0 Å². The number of nitrogens with zero attached hydrogens (tertiary/aromatic N) is 3. The Morgan fingerprint density at radius 3 is 3.00 bits per heavy atom. The molecule has 0 aliphatic carbocycles. The van der Waals surface area contributed by atoms with Crippen LogP contribution < -0.4 is 4.90 Å². The first kappa shape index (κ1) is 12.1. The molecule has 6 heteroatoms. The second kappa shape index (κ2) is 4.85. The third-order valence-corrected chi connectivity index (χ3v) is 2.91. The van der Waals surface area contributed by atoms with Crippen LogP contribution in [0.1, 0.15) is 17.7 Å². The van der Waals surface area contributed by atoms with Gasteiger partial charge in [0.05, 0.1) is 18.8 Å². The van der Waals surface area contributed by atoms with E-state index in [0.717, 1.165) is 24.1 Å². The molecule has 2 rings (SSSR count). The Labute approximate surface area is 100 Å². The normalized spacial score (nSPS) is 15.2. The molecular weight excluding hydrogens is 220 g/mol. The topological polar surface area (TPSA) is 72.5 Å². The van der Waals surface area contributed by atoms with Crippen molar-refractivity contribution in [3.8, 4) is 0 Å². The summed E-state index contributed by atoms with van der Waals surface area (Å²) in [5.41, 5.74) is 1.70. The van der Waals surface area contributed by atoms with Crippen molar-refractivity contribution in [1.29, 1.82) is 0 Å². The molecule has 1 amide bonds. The number of likely N-dealkylation sites (N-methyl/N-ethyl adjacent to an activating group) is 1. The van der Waals surface area contributed by atoms with Crippen LogP contribution in [0.3, 0.4) is 0 Å². The van der Waals surface area contributed by atoms with Gasteiger partial charge >= 0.3 is 0 Å². The van der Waals surface area contributed by atoms with E-state index in [1.54, 1.807) is 4.90 Å². The summed E-state index contributed by atoms with van der Waals surface area (Å²) in [6, 6.07) is 0. The number of hydrogen-bond acceptors (Lipinski definition) is 4. The van der Waals surface area contributed by atoms with Crippen LogP contribution in [0.25, 0.3) is 0 Å². The van der Waals surface area contributed by atoms with E-state index in [0.29, 0.717) is 18.9 Å². The van der Waals surface area contributed by atoms with E-state index in [2.05, 4.69) is 10.2 Å². The highest BCUT2D eigenvalue weighted by Gasteiger charge is 2.27. The minimum Gasteiger partial charge on any atom is -0.390 e. The maximum atomic E-state index is 12.0. The number of carbonyl (C=O) groups excluding carboxylic acids is 1. The molecule has 0 aromatic carbocycles. The van der Waals surface area contributed by atoms with Gasteiger partial charge in [-0.05, 0) is 26.9 Å². The summed E-state index contributed by atoms with van der Waals surface area (Å²) in [4.78, 5) is 15.6. The molecule has 17 heavy (non-hydrogen) atoms. The van der Waals surface area contributed by atoms with Crippen molar-refractivity contribution in [3.63, 3.8) is 0 Å². The molecule has 0 unspecified atom stereocenters. The molecule has 1 aromatic rings. The lowest BCUT2D eigenvalue weighted by Crippen LogP contribution is -2.41. The van der Waals surface area contributed by atoms with Crippen molar-refractivity contribution in [2.45, 2.75) is 19.4 Å².